The topological polar surface area (TPSA) is 118 Å². The van der Waals surface area contributed by atoms with Crippen molar-refractivity contribution in [1.29, 1.82) is 0 Å². The van der Waals surface area contributed by atoms with Gasteiger partial charge in [-0.25, -0.2) is 9.78 Å². The van der Waals surface area contributed by atoms with Crippen molar-refractivity contribution in [3.05, 3.63) is 93.1 Å². The molecule has 8 nitrogen and oxygen atoms in total. The van der Waals surface area contributed by atoms with E-state index >= 15 is 0 Å². The summed E-state index contributed by atoms with van der Waals surface area (Å²) in [5, 5.41) is 24.4. The van der Waals surface area contributed by atoms with E-state index in [0.29, 0.717) is 28.0 Å². The molecule has 0 fully saturated rings. The minimum Gasteiger partial charge on any atom is -0.478 e. The fourth-order valence-electron chi connectivity index (χ4n) is 3.86. The number of carboxylic acid groups (broad SMARTS) is 1. The van der Waals surface area contributed by atoms with Gasteiger partial charge < -0.3 is 10.4 Å². The molecule has 150 valence electrons. The molecule has 30 heavy (non-hydrogen) atoms. The SMILES string of the molecule is CC1=C(C(=O)O)C(c2cccc([N+](=O)[O-])c2)C(c2cnc3ccccc3n2)=C(C)N1. The van der Waals surface area contributed by atoms with Gasteiger partial charge in [0.05, 0.1) is 33.4 Å². The predicted molar refractivity (Wildman–Crippen MR) is 111 cm³/mol. The van der Waals surface area contributed by atoms with Crippen molar-refractivity contribution in [2.75, 3.05) is 0 Å². The highest BCUT2D eigenvalue weighted by Crippen LogP contribution is 2.43. The largest absolute Gasteiger partial charge is 0.478 e. The molecule has 2 N–H and O–H groups in total. The number of fused-ring (bicyclic) bond motifs is 1. The Kier molecular flexibility index (Phi) is 4.75. The summed E-state index contributed by atoms with van der Waals surface area (Å²) in [6.45, 7) is 3.51. The van der Waals surface area contributed by atoms with Gasteiger partial charge in [0.1, 0.15) is 0 Å². The number of nitro groups is 1. The van der Waals surface area contributed by atoms with E-state index in [4.69, 9.17) is 4.98 Å². The number of hydrogen-bond donors (Lipinski definition) is 2. The van der Waals surface area contributed by atoms with Crippen LogP contribution in [0.15, 0.2) is 71.7 Å². The Labute approximate surface area is 171 Å². The highest BCUT2D eigenvalue weighted by Gasteiger charge is 2.35. The van der Waals surface area contributed by atoms with Crippen molar-refractivity contribution < 1.29 is 14.8 Å². The summed E-state index contributed by atoms with van der Waals surface area (Å²) >= 11 is 0. The van der Waals surface area contributed by atoms with Crippen LogP contribution in [-0.4, -0.2) is 26.0 Å². The standard InChI is InChI=1S/C22H18N4O4/c1-12-19(18-11-23-16-8-3-4-9-17(16)25-18)21(20(22(27)28)13(2)24-12)14-6-5-7-15(10-14)26(29)30/h3-11,21,24H,1-2H3,(H,27,28). The van der Waals surface area contributed by atoms with Crippen LogP contribution in [-0.2, 0) is 4.79 Å². The van der Waals surface area contributed by atoms with E-state index in [9.17, 15) is 20.0 Å². The van der Waals surface area contributed by atoms with Crippen molar-refractivity contribution in [2.45, 2.75) is 19.8 Å². The number of rotatable bonds is 4. The van der Waals surface area contributed by atoms with Gasteiger partial charge in [-0.3, -0.25) is 15.1 Å². The van der Waals surface area contributed by atoms with Gasteiger partial charge in [-0.05, 0) is 31.5 Å². The van der Waals surface area contributed by atoms with Gasteiger partial charge in [0.15, 0.2) is 0 Å². The first kappa shape index (κ1) is 19.3. The Balaban J connectivity index is 1.96. The van der Waals surface area contributed by atoms with Crippen LogP contribution in [0, 0.1) is 10.1 Å². The molecule has 0 radical (unpaired) electrons. The van der Waals surface area contributed by atoms with E-state index in [-0.39, 0.29) is 11.3 Å². The number of allylic oxidation sites excluding steroid dienone is 3. The van der Waals surface area contributed by atoms with Crippen LogP contribution in [0.4, 0.5) is 5.69 Å². The molecule has 0 spiro atoms. The van der Waals surface area contributed by atoms with Gasteiger partial charge in [0.25, 0.3) is 5.69 Å². The molecule has 3 aromatic rings. The summed E-state index contributed by atoms with van der Waals surface area (Å²) in [5.41, 5.74) is 4.26. The normalized spacial score (nSPS) is 16.5. The quantitative estimate of drug-likeness (QED) is 0.500. The van der Waals surface area contributed by atoms with Gasteiger partial charge >= 0.3 is 5.97 Å². The molecule has 1 aromatic heterocycles. The highest BCUT2D eigenvalue weighted by molar-refractivity contribution is 5.96. The number of aliphatic carboxylic acids is 1. The van der Waals surface area contributed by atoms with Crippen molar-refractivity contribution in [3.63, 3.8) is 0 Å². The number of nitrogens with one attached hydrogen (secondary N) is 1. The van der Waals surface area contributed by atoms with Crippen molar-refractivity contribution in [2.24, 2.45) is 0 Å². The van der Waals surface area contributed by atoms with Crippen LogP contribution in [0.5, 0.6) is 0 Å². The summed E-state index contributed by atoms with van der Waals surface area (Å²) in [6.07, 6.45) is 1.60. The van der Waals surface area contributed by atoms with Gasteiger partial charge in [0, 0.05) is 35.0 Å². The first-order valence-corrected chi connectivity index (χ1v) is 9.25. The van der Waals surface area contributed by atoms with Crippen molar-refractivity contribution in [3.8, 4) is 0 Å². The number of para-hydroxylation sites is 2. The number of carboxylic acids is 1. The number of dihydropyridines is 1. The Bertz CT molecular complexity index is 1260. The maximum absolute atomic E-state index is 12.2. The molecule has 1 aliphatic rings. The van der Waals surface area contributed by atoms with Gasteiger partial charge in [0.2, 0.25) is 0 Å². The second-order valence-electron chi connectivity index (χ2n) is 7.04. The molecule has 0 amide bonds. The smallest absolute Gasteiger partial charge is 0.334 e. The first-order valence-electron chi connectivity index (χ1n) is 9.25. The lowest BCUT2D eigenvalue weighted by molar-refractivity contribution is -0.384. The van der Waals surface area contributed by atoms with Gasteiger partial charge in [-0.15, -0.1) is 0 Å². The minimum absolute atomic E-state index is 0.102. The van der Waals surface area contributed by atoms with Crippen LogP contribution in [0.1, 0.15) is 31.0 Å². The molecular formula is C22H18N4O4. The van der Waals surface area contributed by atoms with Crippen LogP contribution >= 0.6 is 0 Å². The van der Waals surface area contributed by atoms with E-state index in [2.05, 4.69) is 10.3 Å². The summed E-state index contributed by atoms with van der Waals surface area (Å²) in [4.78, 5) is 32.1. The molecule has 0 aliphatic carbocycles. The molecular weight excluding hydrogens is 384 g/mol. The molecule has 2 aromatic carbocycles. The van der Waals surface area contributed by atoms with Crippen LogP contribution in [0.2, 0.25) is 0 Å². The average molecular weight is 402 g/mol. The zero-order chi connectivity index (χ0) is 21.4. The monoisotopic (exact) mass is 402 g/mol. The van der Waals surface area contributed by atoms with Crippen molar-refractivity contribution in [1.82, 2.24) is 15.3 Å². The van der Waals surface area contributed by atoms with E-state index in [0.717, 1.165) is 11.2 Å². The second-order valence-corrected chi connectivity index (χ2v) is 7.04. The van der Waals surface area contributed by atoms with E-state index in [1.54, 1.807) is 25.3 Å². The molecule has 1 atom stereocenters. The third-order valence-electron chi connectivity index (χ3n) is 5.13. The fraction of sp³-hybridized carbons (Fsp3) is 0.136. The van der Waals surface area contributed by atoms with Crippen LogP contribution in [0.3, 0.4) is 0 Å². The summed E-state index contributed by atoms with van der Waals surface area (Å²) in [7, 11) is 0. The third kappa shape index (κ3) is 3.28. The second kappa shape index (κ2) is 7.40. The number of hydrogen-bond acceptors (Lipinski definition) is 6. The third-order valence-corrected chi connectivity index (χ3v) is 5.13. The lowest BCUT2D eigenvalue weighted by atomic mass is 9.79. The van der Waals surface area contributed by atoms with Crippen LogP contribution < -0.4 is 5.32 Å². The summed E-state index contributed by atoms with van der Waals surface area (Å²) in [5.74, 6) is -1.84. The fourth-order valence-corrected chi connectivity index (χ4v) is 3.86. The Morgan fingerprint density at radius 2 is 1.83 bits per heavy atom. The Morgan fingerprint density at radius 1 is 1.10 bits per heavy atom. The Morgan fingerprint density at radius 3 is 2.53 bits per heavy atom. The molecule has 4 rings (SSSR count). The summed E-state index contributed by atoms with van der Waals surface area (Å²) < 4.78 is 0. The number of aromatic nitrogens is 2. The highest BCUT2D eigenvalue weighted by atomic mass is 16.6. The molecule has 1 unspecified atom stereocenters. The first-order chi connectivity index (χ1) is 14.4. The van der Waals surface area contributed by atoms with E-state index in [1.807, 2.05) is 31.2 Å². The molecule has 0 bridgehead atoms. The molecule has 1 aliphatic heterocycles. The van der Waals surface area contributed by atoms with E-state index in [1.165, 1.54) is 12.1 Å². The molecule has 2 heterocycles. The number of benzene rings is 2. The lowest BCUT2D eigenvalue weighted by Gasteiger charge is -2.30. The maximum atomic E-state index is 12.2. The lowest BCUT2D eigenvalue weighted by Crippen LogP contribution is -2.27. The zero-order valence-electron chi connectivity index (χ0n) is 16.3. The van der Waals surface area contributed by atoms with Gasteiger partial charge in [-0.2, -0.15) is 0 Å². The zero-order valence-corrected chi connectivity index (χ0v) is 16.3. The average Bonchev–Trinajstić information content (AvgIpc) is 2.72. The number of nitrogens with zero attached hydrogens (tertiary/aromatic N) is 3. The number of carbonyl (C=O) groups is 1. The molecule has 8 heteroatoms. The summed E-state index contributed by atoms with van der Waals surface area (Å²) in [6, 6.07) is 13.4. The number of nitro benzene ring substituents is 1. The maximum Gasteiger partial charge on any atom is 0.334 e. The molecule has 0 saturated carbocycles. The minimum atomic E-state index is -1.10. The Hall–Kier alpha value is -4.07. The predicted octanol–water partition coefficient (Wildman–Crippen LogP) is 4.01. The van der Waals surface area contributed by atoms with Crippen LogP contribution in [0.25, 0.3) is 16.6 Å². The van der Waals surface area contributed by atoms with Crippen molar-refractivity contribution >= 4 is 28.3 Å². The van der Waals surface area contributed by atoms with Gasteiger partial charge in [-0.1, -0.05) is 24.3 Å². The van der Waals surface area contributed by atoms with E-state index < -0.39 is 16.8 Å². The number of non-ortho nitro benzene ring substituents is 1. The molecule has 0 saturated heterocycles.